The molecule has 1 aromatic rings. The molecular formula is C12H16FIN2. The molecule has 1 aromatic carbocycles. The molecule has 1 saturated carbocycles. The summed E-state index contributed by atoms with van der Waals surface area (Å²) in [6.07, 6.45) is 3.79. The average molecular weight is 334 g/mol. The number of nitrogens with one attached hydrogen (secondary N) is 1. The highest BCUT2D eigenvalue weighted by Crippen LogP contribution is 2.40. The molecule has 1 aliphatic rings. The maximum Gasteiger partial charge on any atom is 0.138 e. The van der Waals surface area contributed by atoms with E-state index in [1.165, 1.54) is 25.3 Å². The molecule has 0 spiro atoms. The third-order valence-electron chi connectivity index (χ3n) is 3.36. The van der Waals surface area contributed by atoms with Crippen LogP contribution in [0.4, 0.5) is 15.8 Å². The van der Waals surface area contributed by atoms with E-state index in [1.54, 1.807) is 6.07 Å². The van der Waals surface area contributed by atoms with Crippen LogP contribution in [0.2, 0.25) is 0 Å². The third-order valence-corrected chi connectivity index (χ3v) is 4.19. The fraction of sp³-hybridized carbons (Fsp3) is 0.500. The Morgan fingerprint density at radius 3 is 2.75 bits per heavy atom. The zero-order chi connectivity index (χ0) is 11.8. The number of nitrogens with two attached hydrogens (primary N) is 1. The van der Waals surface area contributed by atoms with Crippen LogP contribution in [-0.2, 0) is 0 Å². The Morgan fingerprint density at radius 1 is 1.50 bits per heavy atom. The molecule has 0 aliphatic heterocycles. The second-order valence-corrected chi connectivity index (χ2v) is 6.03. The summed E-state index contributed by atoms with van der Waals surface area (Å²) in [5, 5.41) is 3.26. The van der Waals surface area contributed by atoms with E-state index in [9.17, 15) is 4.39 Å². The molecule has 3 N–H and O–H groups in total. The number of halogens is 2. The van der Waals surface area contributed by atoms with Gasteiger partial charge in [0.15, 0.2) is 0 Å². The van der Waals surface area contributed by atoms with Gasteiger partial charge in [-0.1, -0.05) is 13.3 Å². The van der Waals surface area contributed by atoms with Crippen LogP contribution in [0.25, 0.3) is 0 Å². The van der Waals surface area contributed by atoms with Crippen molar-refractivity contribution in [2.24, 2.45) is 5.41 Å². The van der Waals surface area contributed by atoms with E-state index in [1.807, 2.05) is 22.6 Å². The van der Waals surface area contributed by atoms with Gasteiger partial charge in [-0.2, -0.15) is 0 Å². The lowest BCUT2D eigenvalue weighted by Gasteiger charge is -2.38. The SMILES string of the molecule is CC1(CNc2cc(F)c(I)cc2N)CCC1. The van der Waals surface area contributed by atoms with Gasteiger partial charge in [0.1, 0.15) is 5.82 Å². The second kappa shape index (κ2) is 4.39. The molecule has 1 aliphatic carbocycles. The van der Waals surface area contributed by atoms with Crippen LogP contribution >= 0.6 is 22.6 Å². The van der Waals surface area contributed by atoms with Crippen LogP contribution < -0.4 is 11.1 Å². The largest absolute Gasteiger partial charge is 0.397 e. The van der Waals surface area contributed by atoms with Crippen molar-refractivity contribution in [3.05, 3.63) is 21.5 Å². The Balaban J connectivity index is 2.06. The van der Waals surface area contributed by atoms with E-state index in [0.717, 1.165) is 6.54 Å². The molecule has 0 amide bonds. The van der Waals surface area contributed by atoms with Crippen LogP contribution in [0.5, 0.6) is 0 Å². The minimum absolute atomic E-state index is 0.212. The number of nitrogen functional groups attached to an aromatic ring is 1. The third kappa shape index (κ3) is 2.42. The highest BCUT2D eigenvalue weighted by molar-refractivity contribution is 14.1. The molecule has 88 valence electrons. The molecule has 0 unspecified atom stereocenters. The van der Waals surface area contributed by atoms with E-state index >= 15 is 0 Å². The first-order valence-electron chi connectivity index (χ1n) is 5.49. The van der Waals surface area contributed by atoms with Crippen molar-refractivity contribution in [2.75, 3.05) is 17.6 Å². The monoisotopic (exact) mass is 334 g/mol. The number of rotatable bonds is 3. The zero-order valence-corrected chi connectivity index (χ0v) is 11.5. The molecule has 16 heavy (non-hydrogen) atoms. The summed E-state index contributed by atoms with van der Waals surface area (Å²) in [6, 6.07) is 3.15. The molecule has 0 radical (unpaired) electrons. The van der Waals surface area contributed by atoms with Gasteiger partial charge in [-0.25, -0.2) is 4.39 Å². The Bertz CT molecular complexity index is 402. The van der Waals surface area contributed by atoms with Gasteiger partial charge in [0.05, 0.1) is 14.9 Å². The molecule has 4 heteroatoms. The number of benzene rings is 1. The smallest absolute Gasteiger partial charge is 0.138 e. The van der Waals surface area contributed by atoms with Gasteiger partial charge in [-0.15, -0.1) is 0 Å². The molecule has 0 bridgehead atoms. The summed E-state index contributed by atoms with van der Waals surface area (Å²) in [4.78, 5) is 0. The summed E-state index contributed by atoms with van der Waals surface area (Å²) < 4.78 is 13.9. The first-order chi connectivity index (χ1) is 7.50. The second-order valence-electron chi connectivity index (χ2n) is 4.87. The summed E-state index contributed by atoms with van der Waals surface area (Å²) in [7, 11) is 0. The molecule has 1 fully saturated rings. The first-order valence-corrected chi connectivity index (χ1v) is 6.56. The van der Waals surface area contributed by atoms with E-state index in [4.69, 9.17) is 5.73 Å². The standard InChI is InChI=1S/C12H16FIN2/c1-12(3-2-4-12)7-16-11-5-8(13)9(14)6-10(11)15/h5-6,16H,2-4,7,15H2,1H3. The molecule has 0 heterocycles. The maximum atomic E-state index is 13.4. The Hall–Kier alpha value is -0.520. The highest BCUT2D eigenvalue weighted by Gasteiger charge is 2.31. The van der Waals surface area contributed by atoms with Crippen LogP contribution in [0.3, 0.4) is 0 Å². The van der Waals surface area contributed by atoms with Gasteiger partial charge >= 0.3 is 0 Å². The van der Waals surface area contributed by atoms with Crippen molar-refractivity contribution in [1.29, 1.82) is 0 Å². The van der Waals surface area contributed by atoms with E-state index < -0.39 is 0 Å². The van der Waals surface area contributed by atoms with Gasteiger partial charge in [0.2, 0.25) is 0 Å². The fourth-order valence-electron chi connectivity index (χ4n) is 1.98. The lowest BCUT2D eigenvalue weighted by molar-refractivity contribution is 0.180. The van der Waals surface area contributed by atoms with E-state index in [0.29, 0.717) is 20.4 Å². The van der Waals surface area contributed by atoms with Gasteiger partial charge in [-0.05, 0) is 46.9 Å². The Kier molecular flexibility index (Phi) is 3.28. The van der Waals surface area contributed by atoms with Gasteiger partial charge < -0.3 is 11.1 Å². The van der Waals surface area contributed by atoms with Crippen molar-refractivity contribution >= 4 is 34.0 Å². The first kappa shape index (κ1) is 12.0. The van der Waals surface area contributed by atoms with Crippen LogP contribution in [0.15, 0.2) is 12.1 Å². The van der Waals surface area contributed by atoms with Crippen LogP contribution in [0, 0.1) is 14.8 Å². The molecule has 2 nitrogen and oxygen atoms in total. The molecule has 0 atom stereocenters. The van der Waals surface area contributed by atoms with E-state index in [2.05, 4.69) is 12.2 Å². The molecule has 0 saturated heterocycles. The lowest BCUT2D eigenvalue weighted by Crippen LogP contribution is -2.33. The van der Waals surface area contributed by atoms with Crippen molar-refractivity contribution < 1.29 is 4.39 Å². The Labute approximate surface area is 109 Å². The maximum absolute atomic E-state index is 13.4. The average Bonchev–Trinajstić information content (AvgIpc) is 2.19. The quantitative estimate of drug-likeness (QED) is 0.655. The molecule has 2 rings (SSSR count). The van der Waals surface area contributed by atoms with Gasteiger partial charge in [0.25, 0.3) is 0 Å². The van der Waals surface area contributed by atoms with Crippen molar-refractivity contribution in [3.63, 3.8) is 0 Å². The zero-order valence-electron chi connectivity index (χ0n) is 9.32. The number of hydrogen-bond acceptors (Lipinski definition) is 2. The summed E-state index contributed by atoms with van der Waals surface area (Å²) >= 11 is 1.95. The van der Waals surface area contributed by atoms with Gasteiger partial charge in [0, 0.05) is 12.6 Å². The normalized spacial score (nSPS) is 17.9. The van der Waals surface area contributed by atoms with Crippen LogP contribution in [0.1, 0.15) is 26.2 Å². The van der Waals surface area contributed by atoms with Crippen LogP contribution in [-0.4, -0.2) is 6.54 Å². The van der Waals surface area contributed by atoms with Crippen molar-refractivity contribution in [1.82, 2.24) is 0 Å². The fourth-order valence-corrected chi connectivity index (χ4v) is 2.47. The summed E-state index contributed by atoms with van der Waals surface area (Å²) in [5.41, 5.74) is 7.55. The number of anilines is 2. The summed E-state index contributed by atoms with van der Waals surface area (Å²) in [5.74, 6) is -0.212. The predicted molar refractivity (Wildman–Crippen MR) is 74.0 cm³/mol. The van der Waals surface area contributed by atoms with Gasteiger partial charge in [-0.3, -0.25) is 0 Å². The lowest BCUT2D eigenvalue weighted by atomic mass is 9.70. The molecule has 0 aromatic heterocycles. The van der Waals surface area contributed by atoms with Crippen molar-refractivity contribution in [2.45, 2.75) is 26.2 Å². The number of hydrogen-bond donors (Lipinski definition) is 2. The topological polar surface area (TPSA) is 38.0 Å². The molecular weight excluding hydrogens is 318 g/mol. The van der Waals surface area contributed by atoms with E-state index in [-0.39, 0.29) is 5.82 Å². The predicted octanol–water partition coefficient (Wildman–Crippen LogP) is 3.61. The highest BCUT2D eigenvalue weighted by atomic mass is 127. The van der Waals surface area contributed by atoms with Crippen molar-refractivity contribution in [3.8, 4) is 0 Å². The minimum atomic E-state index is -0.212. The Morgan fingerprint density at radius 2 is 2.19 bits per heavy atom. The summed E-state index contributed by atoms with van der Waals surface area (Å²) in [6.45, 7) is 3.12. The minimum Gasteiger partial charge on any atom is -0.397 e.